The Balaban J connectivity index is 1.26. The van der Waals surface area contributed by atoms with Crippen LogP contribution in [-0.4, -0.2) is 106 Å². The maximum Gasteiger partial charge on any atom is 0.418 e. The van der Waals surface area contributed by atoms with Gasteiger partial charge in [0.15, 0.2) is 17.3 Å². The molecule has 1 amide bonds. The van der Waals surface area contributed by atoms with Gasteiger partial charge in [0, 0.05) is 59.2 Å². The first-order valence-corrected chi connectivity index (χ1v) is 17.3. The topological polar surface area (TPSA) is 146 Å². The van der Waals surface area contributed by atoms with Crippen molar-refractivity contribution in [2.24, 2.45) is 0 Å². The van der Waals surface area contributed by atoms with Gasteiger partial charge in [-0.15, -0.1) is 0 Å². The first-order chi connectivity index (χ1) is 24.3. The third kappa shape index (κ3) is 6.48. The van der Waals surface area contributed by atoms with Gasteiger partial charge in [-0.3, -0.25) is 14.4 Å². The molecule has 13 nitrogen and oxygen atoms in total. The number of nitrogen functional groups attached to an aromatic ring is 1. The molecule has 0 aliphatic carbocycles. The molecule has 0 aromatic carbocycles. The zero-order valence-corrected chi connectivity index (χ0v) is 29.0. The maximum absolute atomic E-state index is 14.6. The second-order valence-corrected chi connectivity index (χ2v) is 14.3. The number of fused-ring (bicyclic) bond motifs is 2. The van der Waals surface area contributed by atoms with Crippen molar-refractivity contribution in [3.63, 3.8) is 0 Å². The van der Waals surface area contributed by atoms with E-state index in [-0.39, 0.29) is 77.6 Å². The minimum absolute atomic E-state index is 0.0218. The molecule has 1 unspecified atom stereocenters. The zero-order chi connectivity index (χ0) is 36.2. The number of rotatable bonds is 7. The molecular formula is C33H38ClF4N11O2. The van der Waals surface area contributed by atoms with Crippen molar-refractivity contribution in [2.75, 3.05) is 69.0 Å². The number of carbonyl (C=O) groups excluding carboxylic acids is 1. The number of hydrogen-bond donors (Lipinski definition) is 1. The van der Waals surface area contributed by atoms with Gasteiger partial charge in [0.2, 0.25) is 0 Å². The molecule has 7 heterocycles. The molecule has 0 spiro atoms. The molecular weight excluding hydrogens is 694 g/mol. The predicted octanol–water partition coefficient (Wildman–Crippen LogP) is 4.26. The van der Waals surface area contributed by atoms with Crippen LogP contribution in [0.15, 0.2) is 12.1 Å². The standard InChI is InChI=1S/C33H38ClF4N11O2/c1-45(2)30(50)27-25(34)23-17-46(9-4-11-49(23)44-27)28-21(14-39)29(43-31(42-28)51-18-32-8-3-10-48(32)16-20(35)13-32)47-12-7-19(15-47)26-22(33(36,37)38)5-6-24(40)41-26/h5-6,19-20H,3-4,7-13,15-18H2,1-2H3,(H2,40,41)/t19?,20-,32+/m1/s1. The Hall–Kier alpha value is -4.43. The minimum atomic E-state index is -4.63. The molecule has 51 heavy (non-hydrogen) atoms. The molecule has 3 atom stereocenters. The van der Waals surface area contributed by atoms with E-state index in [1.165, 1.54) is 4.90 Å². The van der Waals surface area contributed by atoms with Gasteiger partial charge in [-0.1, -0.05) is 11.6 Å². The van der Waals surface area contributed by atoms with Crippen LogP contribution in [0.25, 0.3) is 0 Å². The second-order valence-electron chi connectivity index (χ2n) is 13.9. The van der Waals surface area contributed by atoms with Crippen molar-refractivity contribution in [1.29, 1.82) is 5.26 Å². The van der Waals surface area contributed by atoms with Gasteiger partial charge in [-0.2, -0.15) is 33.5 Å². The van der Waals surface area contributed by atoms with Crippen LogP contribution in [-0.2, 0) is 19.3 Å². The van der Waals surface area contributed by atoms with Crippen LogP contribution < -0.4 is 20.3 Å². The van der Waals surface area contributed by atoms with E-state index in [0.29, 0.717) is 44.6 Å². The lowest BCUT2D eigenvalue weighted by atomic mass is 9.95. The maximum atomic E-state index is 14.6. The minimum Gasteiger partial charge on any atom is -0.461 e. The summed E-state index contributed by atoms with van der Waals surface area (Å²) >= 11 is 6.74. The fourth-order valence-electron chi connectivity index (χ4n) is 7.92. The Morgan fingerprint density at radius 3 is 2.61 bits per heavy atom. The Morgan fingerprint density at radius 1 is 1.12 bits per heavy atom. The lowest BCUT2D eigenvalue weighted by Crippen LogP contribution is -2.43. The number of nitriles is 1. The van der Waals surface area contributed by atoms with Crippen LogP contribution in [0.4, 0.5) is 35.0 Å². The van der Waals surface area contributed by atoms with Crippen LogP contribution in [0.5, 0.6) is 6.01 Å². The van der Waals surface area contributed by atoms with Crippen molar-refractivity contribution >= 4 is 35.0 Å². The highest BCUT2D eigenvalue weighted by Gasteiger charge is 2.49. The number of aromatic nitrogens is 5. The third-order valence-corrected chi connectivity index (χ3v) is 10.8. The van der Waals surface area contributed by atoms with Crippen LogP contribution in [0.2, 0.25) is 5.02 Å². The van der Waals surface area contributed by atoms with Crippen molar-refractivity contribution in [1.82, 2.24) is 34.5 Å². The molecule has 4 aliphatic heterocycles. The highest BCUT2D eigenvalue weighted by molar-refractivity contribution is 6.34. The van der Waals surface area contributed by atoms with Crippen molar-refractivity contribution in [3.8, 4) is 12.1 Å². The lowest BCUT2D eigenvalue weighted by molar-refractivity contribution is -0.138. The number of nitrogens with two attached hydrogens (primary N) is 1. The third-order valence-electron chi connectivity index (χ3n) is 10.4. The van der Waals surface area contributed by atoms with Crippen molar-refractivity contribution < 1.29 is 27.1 Å². The first kappa shape index (κ1) is 35.0. The van der Waals surface area contributed by atoms with E-state index in [1.54, 1.807) is 23.7 Å². The van der Waals surface area contributed by atoms with Crippen LogP contribution in [0, 0.1) is 11.3 Å². The average molecular weight is 732 g/mol. The zero-order valence-electron chi connectivity index (χ0n) is 28.3. The number of alkyl halides is 4. The monoisotopic (exact) mass is 731 g/mol. The Kier molecular flexibility index (Phi) is 9.11. The first-order valence-electron chi connectivity index (χ1n) is 16.9. The molecule has 0 radical (unpaired) electrons. The highest BCUT2D eigenvalue weighted by Crippen LogP contribution is 2.43. The molecule has 18 heteroatoms. The molecule has 272 valence electrons. The Morgan fingerprint density at radius 2 is 1.88 bits per heavy atom. The fraction of sp³-hybridized carbons (Fsp3) is 0.576. The van der Waals surface area contributed by atoms with E-state index in [2.05, 4.69) is 21.1 Å². The summed E-state index contributed by atoms with van der Waals surface area (Å²) in [5.74, 6) is -0.559. The average Bonchev–Trinajstić information content (AvgIpc) is 3.82. The van der Waals surface area contributed by atoms with Crippen molar-refractivity contribution in [2.45, 2.75) is 69.0 Å². The summed E-state index contributed by atoms with van der Waals surface area (Å²) in [4.78, 5) is 33.5. The molecule has 3 aromatic heterocycles. The highest BCUT2D eigenvalue weighted by atomic mass is 35.5. The normalized spacial score (nSPS) is 23.6. The molecule has 0 bridgehead atoms. The van der Waals surface area contributed by atoms with Crippen molar-refractivity contribution in [3.05, 3.63) is 45.4 Å². The van der Waals surface area contributed by atoms with E-state index >= 15 is 0 Å². The molecule has 3 saturated heterocycles. The molecule has 0 saturated carbocycles. The summed E-state index contributed by atoms with van der Waals surface area (Å²) in [7, 11) is 3.22. The van der Waals surface area contributed by atoms with E-state index in [1.807, 2.05) is 4.90 Å². The SMILES string of the molecule is CN(C)C(=O)c1nn2c(c1Cl)CN(c1nc(OC[C@@]34CCCN3C[C@H](F)C4)nc(N3CCC(c4nc(N)ccc4C(F)(F)F)C3)c1C#N)CCC2. The van der Waals surface area contributed by atoms with Gasteiger partial charge in [-0.25, -0.2) is 9.37 Å². The number of nitrogens with zero attached hydrogens (tertiary/aromatic N) is 10. The smallest absolute Gasteiger partial charge is 0.418 e. The summed E-state index contributed by atoms with van der Waals surface area (Å²) in [6.07, 6.45) is -2.73. The molecule has 2 N–H and O–H groups in total. The molecule has 4 aliphatic rings. The number of hydrogen-bond acceptors (Lipinski definition) is 11. The molecule has 7 rings (SSSR count). The van der Waals surface area contributed by atoms with E-state index in [9.17, 15) is 27.6 Å². The van der Waals surface area contributed by atoms with Crippen LogP contribution in [0.3, 0.4) is 0 Å². The van der Waals surface area contributed by atoms with E-state index in [0.717, 1.165) is 31.5 Å². The quantitative estimate of drug-likeness (QED) is 0.348. The summed E-state index contributed by atoms with van der Waals surface area (Å²) in [6, 6.07) is 4.29. The number of anilines is 3. The van der Waals surface area contributed by atoms with Gasteiger partial charge in [0.25, 0.3) is 5.91 Å². The number of amides is 1. The largest absolute Gasteiger partial charge is 0.461 e. The number of aryl methyl sites for hydroxylation is 1. The predicted molar refractivity (Wildman–Crippen MR) is 179 cm³/mol. The fourth-order valence-corrected chi connectivity index (χ4v) is 8.19. The summed E-state index contributed by atoms with van der Waals surface area (Å²) < 4.78 is 64.6. The molecule has 3 fully saturated rings. The summed E-state index contributed by atoms with van der Waals surface area (Å²) in [6.45, 7) is 2.65. The van der Waals surface area contributed by atoms with E-state index < -0.39 is 29.4 Å². The van der Waals surface area contributed by atoms with Gasteiger partial charge < -0.3 is 25.2 Å². The lowest BCUT2D eigenvalue weighted by Gasteiger charge is -2.31. The Bertz CT molecular complexity index is 1880. The van der Waals surface area contributed by atoms with Crippen LogP contribution in [0.1, 0.15) is 71.0 Å². The second kappa shape index (κ2) is 13.3. The number of halogens is 5. The number of carbonyl (C=O) groups is 1. The van der Waals surface area contributed by atoms with E-state index in [4.69, 9.17) is 32.0 Å². The summed E-state index contributed by atoms with van der Waals surface area (Å²) in [5, 5.41) is 15.3. The van der Waals surface area contributed by atoms with Gasteiger partial charge in [-0.05, 0) is 44.4 Å². The van der Waals surface area contributed by atoms with Gasteiger partial charge >= 0.3 is 12.2 Å². The molecule has 3 aromatic rings. The van der Waals surface area contributed by atoms with Crippen LogP contribution >= 0.6 is 11.6 Å². The number of ether oxygens (including phenoxy) is 1. The number of pyridine rings is 1. The van der Waals surface area contributed by atoms with Gasteiger partial charge in [0.05, 0.1) is 34.1 Å². The Labute approximate surface area is 296 Å². The van der Waals surface area contributed by atoms with Gasteiger partial charge in [0.1, 0.15) is 30.2 Å². The summed E-state index contributed by atoms with van der Waals surface area (Å²) in [5.41, 5.74) is 5.11.